The number of ether oxygens (including phenoxy) is 1. The van der Waals surface area contributed by atoms with Crippen LogP contribution in [-0.2, 0) is 4.74 Å². The van der Waals surface area contributed by atoms with Crippen LogP contribution >= 0.6 is 0 Å². The van der Waals surface area contributed by atoms with Gasteiger partial charge in [-0.15, -0.1) is 0 Å². The van der Waals surface area contributed by atoms with E-state index in [0.717, 1.165) is 13.0 Å². The molecule has 0 aromatic rings. The monoisotopic (exact) mass is 227 g/mol. The Balaban J connectivity index is 2.04. The van der Waals surface area contributed by atoms with Crippen LogP contribution in [0.3, 0.4) is 0 Å². The number of alkyl halides is 1. The Labute approximate surface area is 97.1 Å². The number of rotatable bonds is 0. The van der Waals surface area contributed by atoms with Crippen molar-refractivity contribution in [2.24, 2.45) is 5.41 Å². The summed E-state index contributed by atoms with van der Waals surface area (Å²) in [4.78, 5) is 2.44. The molecular weight excluding hydrogens is 205 g/mol. The zero-order chi connectivity index (χ0) is 11.6. The van der Waals surface area contributed by atoms with E-state index < -0.39 is 6.17 Å². The van der Waals surface area contributed by atoms with Gasteiger partial charge in [-0.05, 0) is 18.3 Å². The minimum absolute atomic E-state index is 0.0480. The molecule has 0 amide bonds. The fourth-order valence-corrected chi connectivity index (χ4v) is 4.27. The number of piperidine rings is 1. The maximum atomic E-state index is 13.9. The van der Waals surface area contributed by atoms with Gasteiger partial charge in [-0.2, -0.15) is 0 Å². The van der Waals surface area contributed by atoms with Crippen LogP contribution in [0, 0.1) is 5.41 Å². The van der Waals surface area contributed by atoms with Crippen LogP contribution in [0.2, 0.25) is 0 Å². The number of morpholine rings is 1. The summed E-state index contributed by atoms with van der Waals surface area (Å²) in [6.45, 7) is 8.16. The largest absolute Gasteiger partial charge is 0.375 e. The Kier molecular flexibility index (Phi) is 2.19. The normalized spacial score (nSPS) is 48.4. The van der Waals surface area contributed by atoms with Gasteiger partial charge in [-0.25, -0.2) is 4.39 Å². The smallest absolute Gasteiger partial charge is 0.115 e. The summed E-state index contributed by atoms with van der Waals surface area (Å²) >= 11 is 0. The Morgan fingerprint density at radius 2 is 2.06 bits per heavy atom. The third kappa shape index (κ3) is 1.19. The summed E-state index contributed by atoms with van der Waals surface area (Å²) in [5.74, 6) is 0. The van der Waals surface area contributed by atoms with Crippen molar-refractivity contribution >= 4 is 0 Å². The molecule has 0 aromatic carbocycles. The van der Waals surface area contributed by atoms with Crippen LogP contribution in [0.15, 0.2) is 0 Å². The molecule has 4 rings (SSSR count). The zero-order valence-electron chi connectivity index (χ0n) is 10.5. The van der Waals surface area contributed by atoms with E-state index in [1.807, 2.05) is 0 Å². The highest BCUT2D eigenvalue weighted by atomic mass is 19.1. The molecule has 4 aliphatic heterocycles. The van der Waals surface area contributed by atoms with Gasteiger partial charge in [0.05, 0.1) is 18.2 Å². The highest BCUT2D eigenvalue weighted by Crippen LogP contribution is 2.54. The van der Waals surface area contributed by atoms with Crippen molar-refractivity contribution in [1.29, 1.82) is 0 Å². The molecular formula is C13H22FNO. The van der Waals surface area contributed by atoms with Gasteiger partial charge in [0, 0.05) is 19.0 Å². The average Bonchev–Trinajstić information content (AvgIpc) is 2.58. The molecule has 0 saturated carbocycles. The fraction of sp³-hybridized carbons (Fsp3) is 1.00. The van der Waals surface area contributed by atoms with E-state index in [4.69, 9.17) is 4.74 Å². The molecule has 0 spiro atoms. The standard InChI is InChI=1S/C13H22FNO/c1-12(2,3)13-6-9(14)7-15(13)10-4-5-11(13)16-8-10/h9-11H,4-8H2,1-3H3. The SMILES string of the molecule is CC(C)(C)C12CC(F)CN1C1CCC2OC1. The molecule has 4 fully saturated rings. The van der Waals surface area contributed by atoms with Gasteiger partial charge in [-0.1, -0.05) is 20.8 Å². The number of halogens is 1. The van der Waals surface area contributed by atoms with Gasteiger partial charge < -0.3 is 4.74 Å². The second kappa shape index (κ2) is 3.20. The lowest BCUT2D eigenvalue weighted by Gasteiger charge is -2.61. The van der Waals surface area contributed by atoms with Crippen molar-refractivity contribution in [3.8, 4) is 0 Å². The van der Waals surface area contributed by atoms with Gasteiger partial charge in [0.1, 0.15) is 6.17 Å². The number of hydrogen-bond donors (Lipinski definition) is 0. The summed E-state index contributed by atoms with van der Waals surface area (Å²) in [6, 6.07) is 0.463. The van der Waals surface area contributed by atoms with Gasteiger partial charge in [-0.3, -0.25) is 4.90 Å². The lowest BCUT2D eigenvalue weighted by atomic mass is 9.64. The van der Waals surface area contributed by atoms with Crippen molar-refractivity contribution in [1.82, 2.24) is 4.90 Å². The van der Waals surface area contributed by atoms with Crippen molar-refractivity contribution in [3.63, 3.8) is 0 Å². The van der Waals surface area contributed by atoms with Crippen LogP contribution in [0.25, 0.3) is 0 Å². The third-order valence-corrected chi connectivity index (χ3v) is 4.96. The fourth-order valence-electron chi connectivity index (χ4n) is 4.27. The summed E-state index contributed by atoms with van der Waals surface area (Å²) in [5, 5.41) is 0. The van der Waals surface area contributed by atoms with Crippen LogP contribution in [-0.4, -0.2) is 41.9 Å². The Hall–Kier alpha value is -0.150. The molecule has 16 heavy (non-hydrogen) atoms. The molecule has 0 aliphatic carbocycles. The summed E-state index contributed by atoms with van der Waals surface area (Å²) < 4.78 is 19.8. The first kappa shape index (κ1) is 11.0. The van der Waals surface area contributed by atoms with Crippen LogP contribution in [0.4, 0.5) is 4.39 Å². The molecule has 4 heterocycles. The molecule has 0 aromatic heterocycles. The van der Waals surface area contributed by atoms with Gasteiger partial charge in [0.25, 0.3) is 0 Å². The Morgan fingerprint density at radius 3 is 2.56 bits per heavy atom. The van der Waals surface area contributed by atoms with Crippen molar-refractivity contribution in [3.05, 3.63) is 0 Å². The first-order valence-electron chi connectivity index (χ1n) is 6.47. The van der Waals surface area contributed by atoms with Gasteiger partial charge in [0.2, 0.25) is 0 Å². The number of hydrogen-bond acceptors (Lipinski definition) is 2. The molecule has 4 saturated heterocycles. The third-order valence-electron chi connectivity index (χ3n) is 4.96. The minimum Gasteiger partial charge on any atom is -0.375 e. The number of nitrogens with zero attached hydrogens (tertiary/aromatic N) is 1. The topological polar surface area (TPSA) is 12.5 Å². The van der Waals surface area contributed by atoms with E-state index in [2.05, 4.69) is 25.7 Å². The molecule has 2 nitrogen and oxygen atoms in total. The summed E-state index contributed by atoms with van der Waals surface area (Å²) in [7, 11) is 0. The molecule has 4 atom stereocenters. The Morgan fingerprint density at radius 1 is 1.31 bits per heavy atom. The molecule has 3 heteroatoms. The Bertz CT molecular complexity index is 293. The maximum absolute atomic E-state index is 13.9. The maximum Gasteiger partial charge on any atom is 0.115 e. The quantitative estimate of drug-likeness (QED) is 0.630. The van der Waals surface area contributed by atoms with E-state index in [9.17, 15) is 4.39 Å². The van der Waals surface area contributed by atoms with Gasteiger partial charge >= 0.3 is 0 Å². The van der Waals surface area contributed by atoms with E-state index in [1.165, 1.54) is 6.42 Å². The lowest BCUT2D eigenvalue weighted by Crippen LogP contribution is -2.71. The van der Waals surface area contributed by atoms with Crippen molar-refractivity contribution < 1.29 is 9.13 Å². The van der Waals surface area contributed by atoms with Gasteiger partial charge in [0.15, 0.2) is 0 Å². The highest BCUT2D eigenvalue weighted by Gasteiger charge is 2.63. The molecule has 92 valence electrons. The molecule has 0 radical (unpaired) electrons. The summed E-state index contributed by atoms with van der Waals surface area (Å²) in [6.07, 6.45) is 2.56. The van der Waals surface area contributed by atoms with E-state index in [1.54, 1.807) is 0 Å². The molecule has 0 N–H and O–H groups in total. The predicted molar refractivity (Wildman–Crippen MR) is 61.2 cm³/mol. The molecule has 4 unspecified atom stereocenters. The van der Waals surface area contributed by atoms with Crippen LogP contribution < -0.4 is 0 Å². The van der Waals surface area contributed by atoms with Crippen LogP contribution in [0.5, 0.6) is 0 Å². The van der Waals surface area contributed by atoms with Crippen molar-refractivity contribution in [2.45, 2.75) is 63.9 Å². The van der Waals surface area contributed by atoms with E-state index >= 15 is 0 Å². The second-order valence-corrected chi connectivity index (χ2v) is 6.68. The lowest BCUT2D eigenvalue weighted by molar-refractivity contribution is -0.210. The van der Waals surface area contributed by atoms with E-state index in [-0.39, 0.29) is 17.1 Å². The minimum atomic E-state index is -0.663. The first-order valence-corrected chi connectivity index (χ1v) is 6.47. The van der Waals surface area contributed by atoms with Crippen molar-refractivity contribution in [2.75, 3.05) is 13.2 Å². The van der Waals surface area contributed by atoms with E-state index in [0.29, 0.717) is 19.0 Å². The summed E-state index contributed by atoms with van der Waals surface area (Å²) in [5.41, 5.74) is 0.0468. The molecule has 2 bridgehead atoms. The highest BCUT2D eigenvalue weighted by molar-refractivity contribution is 5.16. The second-order valence-electron chi connectivity index (χ2n) is 6.68. The number of fused-ring (bicyclic) bond motifs is 2. The van der Waals surface area contributed by atoms with Crippen LogP contribution in [0.1, 0.15) is 40.0 Å². The molecule has 4 aliphatic rings. The zero-order valence-corrected chi connectivity index (χ0v) is 10.5. The first-order chi connectivity index (χ1) is 7.45. The average molecular weight is 227 g/mol. The predicted octanol–water partition coefficient (Wildman–Crippen LogP) is 2.38.